The molecule has 3 nitrogen and oxygen atoms in total. The summed E-state index contributed by atoms with van der Waals surface area (Å²) in [5.74, 6) is 0. The van der Waals surface area contributed by atoms with E-state index >= 15 is 0 Å². The molecule has 2 saturated heterocycles. The number of rotatable bonds is 3. The zero-order chi connectivity index (χ0) is 12.5. The Labute approximate surface area is 116 Å². The van der Waals surface area contributed by atoms with Crippen molar-refractivity contribution in [3.8, 4) is 0 Å². The predicted molar refractivity (Wildman–Crippen MR) is 77.0 cm³/mol. The number of nitrogens with zero attached hydrogens (tertiary/aromatic N) is 1. The molecule has 2 bridgehead atoms. The molecule has 0 aliphatic carbocycles. The van der Waals surface area contributed by atoms with Crippen LogP contribution >= 0.6 is 15.9 Å². The summed E-state index contributed by atoms with van der Waals surface area (Å²) in [5.41, 5.74) is 8.18. The van der Waals surface area contributed by atoms with Crippen LogP contribution in [-0.2, 0) is 11.2 Å². The molecule has 0 saturated carbocycles. The van der Waals surface area contributed by atoms with Crippen LogP contribution < -0.4 is 10.6 Å². The second-order valence-electron chi connectivity index (χ2n) is 5.19. The average Bonchev–Trinajstić information content (AvgIpc) is 2.69. The molecule has 2 unspecified atom stereocenters. The molecule has 2 atom stereocenters. The molecule has 3 rings (SSSR count). The Morgan fingerprint density at radius 1 is 1.28 bits per heavy atom. The van der Waals surface area contributed by atoms with Crippen molar-refractivity contribution in [2.45, 2.75) is 31.5 Å². The van der Waals surface area contributed by atoms with Gasteiger partial charge >= 0.3 is 0 Å². The van der Waals surface area contributed by atoms with E-state index in [1.54, 1.807) is 0 Å². The monoisotopic (exact) mass is 310 g/mol. The van der Waals surface area contributed by atoms with E-state index in [0.29, 0.717) is 18.8 Å². The van der Waals surface area contributed by atoms with Crippen molar-refractivity contribution in [3.05, 3.63) is 28.2 Å². The zero-order valence-corrected chi connectivity index (χ0v) is 12.0. The maximum Gasteiger partial charge on any atom is 0.0755 e. The van der Waals surface area contributed by atoms with Crippen LogP contribution in [0.5, 0.6) is 0 Å². The Balaban J connectivity index is 1.79. The molecular formula is C14H19BrN2O. The first kappa shape index (κ1) is 12.5. The summed E-state index contributed by atoms with van der Waals surface area (Å²) in [6.07, 6.45) is 4.22. The first-order valence-electron chi connectivity index (χ1n) is 6.65. The van der Waals surface area contributed by atoms with E-state index < -0.39 is 0 Å². The molecule has 0 radical (unpaired) electrons. The lowest BCUT2D eigenvalue weighted by Crippen LogP contribution is -2.42. The zero-order valence-electron chi connectivity index (χ0n) is 10.4. The molecule has 4 heteroatoms. The molecule has 2 fully saturated rings. The Kier molecular flexibility index (Phi) is 3.59. The lowest BCUT2D eigenvalue weighted by molar-refractivity contribution is 0.0304. The molecule has 2 aliphatic rings. The maximum atomic E-state index is 5.88. The van der Waals surface area contributed by atoms with Gasteiger partial charge in [-0.1, -0.05) is 6.07 Å². The van der Waals surface area contributed by atoms with E-state index in [4.69, 9.17) is 10.5 Å². The molecule has 18 heavy (non-hydrogen) atoms. The van der Waals surface area contributed by atoms with Gasteiger partial charge in [0.05, 0.1) is 17.9 Å². The third-order valence-electron chi connectivity index (χ3n) is 3.83. The summed E-state index contributed by atoms with van der Waals surface area (Å²) in [6.45, 7) is 2.74. The van der Waals surface area contributed by atoms with E-state index in [9.17, 15) is 0 Å². The van der Waals surface area contributed by atoms with Crippen molar-refractivity contribution >= 4 is 21.6 Å². The Bertz CT molecular complexity index is 426. The second kappa shape index (κ2) is 5.19. The number of morpholine rings is 1. The van der Waals surface area contributed by atoms with E-state index in [1.807, 2.05) is 0 Å². The van der Waals surface area contributed by atoms with E-state index in [1.165, 1.54) is 28.6 Å². The molecule has 0 amide bonds. The topological polar surface area (TPSA) is 38.5 Å². The Morgan fingerprint density at radius 2 is 2.00 bits per heavy atom. The highest BCUT2D eigenvalue weighted by Crippen LogP contribution is 2.34. The standard InChI is InChI=1S/C14H19BrN2O/c15-13-7-10(5-6-16)1-4-14(13)17-8-11-2-3-12(9-17)18-11/h1,4,7,11-12H,2-3,5-6,8-9,16H2. The van der Waals surface area contributed by atoms with Gasteiger partial charge < -0.3 is 15.4 Å². The smallest absolute Gasteiger partial charge is 0.0755 e. The van der Waals surface area contributed by atoms with Gasteiger partial charge in [0.15, 0.2) is 0 Å². The van der Waals surface area contributed by atoms with Gasteiger partial charge in [0, 0.05) is 17.6 Å². The first-order chi connectivity index (χ1) is 8.76. The fourth-order valence-corrected chi connectivity index (χ4v) is 3.62. The third kappa shape index (κ3) is 2.42. The number of anilines is 1. The van der Waals surface area contributed by atoms with Crippen molar-refractivity contribution < 1.29 is 4.74 Å². The van der Waals surface area contributed by atoms with E-state index in [2.05, 4.69) is 39.0 Å². The molecule has 2 N–H and O–H groups in total. The summed E-state index contributed by atoms with van der Waals surface area (Å²) in [5, 5.41) is 0. The molecule has 1 aromatic rings. The van der Waals surface area contributed by atoms with Gasteiger partial charge in [0.2, 0.25) is 0 Å². The van der Waals surface area contributed by atoms with Crippen LogP contribution in [0.2, 0.25) is 0 Å². The van der Waals surface area contributed by atoms with Crippen LogP contribution in [0.3, 0.4) is 0 Å². The van der Waals surface area contributed by atoms with Gasteiger partial charge in [-0.05, 0) is 59.4 Å². The van der Waals surface area contributed by atoms with Crippen LogP contribution in [0, 0.1) is 0 Å². The van der Waals surface area contributed by atoms with Gasteiger partial charge in [0.25, 0.3) is 0 Å². The van der Waals surface area contributed by atoms with Crippen molar-refractivity contribution in [3.63, 3.8) is 0 Å². The highest BCUT2D eigenvalue weighted by Gasteiger charge is 2.34. The predicted octanol–water partition coefficient (Wildman–Crippen LogP) is 2.32. The SMILES string of the molecule is NCCc1ccc(N2CC3CCC(C2)O3)c(Br)c1. The average molecular weight is 311 g/mol. The van der Waals surface area contributed by atoms with Crippen molar-refractivity contribution in [1.82, 2.24) is 0 Å². The van der Waals surface area contributed by atoms with Crippen molar-refractivity contribution in [2.24, 2.45) is 5.73 Å². The Morgan fingerprint density at radius 3 is 2.61 bits per heavy atom. The Hall–Kier alpha value is -0.580. The third-order valence-corrected chi connectivity index (χ3v) is 4.46. The summed E-state index contributed by atoms with van der Waals surface area (Å²) in [4.78, 5) is 2.45. The summed E-state index contributed by atoms with van der Waals surface area (Å²) in [7, 11) is 0. The maximum absolute atomic E-state index is 5.88. The van der Waals surface area contributed by atoms with Gasteiger partial charge in [0.1, 0.15) is 0 Å². The van der Waals surface area contributed by atoms with Crippen molar-refractivity contribution in [1.29, 1.82) is 0 Å². The largest absolute Gasteiger partial charge is 0.371 e. The minimum atomic E-state index is 0.430. The van der Waals surface area contributed by atoms with Crippen LogP contribution in [0.15, 0.2) is 22.7 Å². The molecule has 1 aromatic carbocycles. The number of ether oxygens (including phenoxy) is 1. The number of halogens is 1. The summed E-state index contributed by atoms with van der Waals surface area (Å²) in [6, 6.07) is 6.59. The molecular weight excluding hydrogens is 292 g/mol. The minimum Gasteiger partial charge on any atom is -0.371 e. The van der Waals surface area contributed by atoms with Gasteiger partial charge in [-0.3, -0.25) is 0 Å². The number of hydrogen-bond acceptors (Lipinski definition) is 3. The normalized spacial score (nSPS) is 26.7. The highest BCUT2D eigenvalue weighted by atomic mass is 79.9. The summed E-state index contributed by atoms with van der Waals surface area (Å²) >= 11 is 3.69. The molecule has 0 aromatic heterocycles. The van der Waals surface area contributed by atoms with Crippen LogP contribution in [0.1, 0.15) is 18.4 Å². The molecule has 0 spiro atoms. The second-order valence-corrected chi connectivity index (χ2v) is 6.04. The first-order valence-corrected chi connectivity index (χ1v) is 7.44. The van der Waals surface area contributed by atoms with Crippen LogP contribution in [0.25, 0.3) is 0 Å². The number of fused-ring (bicyclic) bond motifs is 2. The highest BCUT2D eigenvalue weighted by molar-refractivity contribution is 9.10. The van der Waals surface area contributed by atoms with Crippen molar-refractivity contribution in [2.75, 3.05) is 24.5 Å². The fourth-order valence-electron chi connectivity index (χ4n) is 2.94. The van der Waals surface area contributed by atoms with Crippen LogP contribution in [-0.4, -0.2) is 31.8 Å². The minimum absolute atomic E-state index is 0.430. The van der Waals surface area contributed by atoms with Gasteiger partial charge in [-0.15, -0.1) is 0 Å². The lowest BCUT2D eigenvalue weighted by atomic mass is 10.1. The van der Waals surface area contributed by atoms with Gasteiger partial charge in [-0.25, -0.2) is 0 Å². The van der Waals surface area contributed by atoms with E-state index in [-0.39, 0.29) is 0 Å². The quantitative estimate of drug-likeness (QED) is 0.931. The lowest BCUT2D eigenvalue weighted by Gasteiger charge is -2.34. The summed E-state index contributed by atoms with van der Waals surface area (Å²) < 4.78 is 7.05. The molecule has 2 aliphatic heterocycles. The fraction of sp³-hybridized carbons (Fsp3) is 0.571. The molecule has 2 heterocycles. The van der Waals surface area contributed by atoms with Crippen LogP contribution in [0.4, 0.5) is 5.69 Å². The number of nitrogens with two attached hydrogens (primary N) is 1. The number of hydrogen-bond donors (Lipinski definition) is 1. The van der Waals surface area contributed by atoms with E-state index in [0.717, 1.165) is 19.5 Å². The molecule has 98 valence electrons. The number of benzene rings is 1. The van der Waals surface area contributed by atoms with Gasteiger partial charge in [-0.2, -0.15) is 0 Å².